The van der Waals surface area contributed by atoms with E-state index in [-0.39, 0.29) is 5.83 Å². The van der Waals surface area contributed by atoms with E-state index < -0.39 is 0 Å². The fraction of sp³-hybridized carbons (Fsp3) is 0.750. The van der Waals surface area contributed by atoms with Gasteiger partial charge in [-0.2, -0.15) is 0 Å². The van der Waals surface area contributed by atoms with Gasteiger partial charge in [-0.3, -0.25) is 0 Å². The molecule has 2 heteroatoms. The molecule has 0 bridgehead atoms. The van der Waals surface area contributed by atoms with E-state index in [1.807, 2.05) is 6.92 Å². The largest absolute Gasteiger partial charge is 0.211 e. The first kappa shape index (κ1) is 10.2. The van der Waals surface area contributed by atoms with E-state index >= 15 is 0 Å². The summed E-state index contributed by atoms with van der Waals surface area (Å²) in [6.07, 6.45) is 3.12. The van der Waals surface area contributed by atoms with E-state index in [1.54, 1.807) is 0 Å². The smallest absolute Gasteiger partial charge is 0.109 e. The number of unbranched alkanes of at least 4 members (excludes halogenated alkanes) is 1. The molecular formula is C8H14BrF. The monoisotopic (exact) mass is 208 g/mol. The first-order valence-electron chi connectivity index (χ1n) is 3.62. The summed E-state index contributed by atoms with van der Waals surface area (Å²) in [6, 6.07) is 0. The van der Waals surface area contributed by atoms with Crippen LogP contribution in [-0.4, -0.2) is 5.33 Å². The van der Waals surface area contributed by atoms with Crippen molar-refractivity contribution in [3.05, 3.63) is 11.4 Å². The van der Waals surface area contributed by atoms with Crippen molar-refractivity contribution in [1.29, 1.82) is 0 Å². The zero-order valence-corrected chi connectivity index (χ0v) is 8.17. The van der Waals surface area contributed by atoms with Crippen molar-refractivity contribution in [2.24, 2.45) is 0 Å². The lowest BCUT2D eigenvalue weighted by molar-refractivity contribution is 0.618. The van der Waals surface area contributed by atoms with Gasteiger partial charge >= 0.3 is 0 Å². The Morgan fingerprint density at radius 2 is 2.10 bits per heavy atom. The molecule has 0 spiro atoms. The predicted molar refractivity (Wildman–Crippen MR) is 47.1 cm³/mol. The molecule has 0 nitrogen and oxygen atoms in total. The van der Waals surface area contributed by atoms with E-state index in [1.165, 1.54) is 0 Å². The molecule has 0 aromatic rings. The minimum Gasteiger partial charge on any atom is -0.211 e. The molecule has 0 radical (unpaired) electrons. The molecule has 0 rings (SSSR count). The van der Waals surface area contributed by atoms with Crippen LogP contribution in [-0.2, 0) is 0 Å². The summed E-state index contributed by atoms with van der Waals surface area (Å²) in [4.78, 5) is 0. The van der Waals surface area contributed by atoms with Crippen LogP contribution in [0, 0.1) is 0 Å². The van der Waals surface area contributed by atoms with E-state index in [0.29, 0.717) is 5.33 Å². The Morgan fingerprint density at radius 1 is 1.50 bits per heavy atom. The highest BCUT2D eigenvalue weighted by Gasteiger charge is 1.97. The molecule has 0 aliphatic rings. The molecule has 0 unspecified atom stereocenters. The average molecular weight is 209 g/mol. The van der Waals surface area contributed by atoms with Gasteiger partial charge in [-0.15, -0.1) is 0 Å². The van der Waals surface area contributed by atoms with Gasteiger partial charge in [-0.1, -0.05) is 29.3 Å². The molecule has 60 valence electrons. The summed E-state index contributed by atoms with van der Waals surface area (Å²) >= 11 is 3.07. The molecule has 0 aliphatic heterocycles. The van der Waals surface area contributed by atoms with Gasteiger partial charge in [0.2, 0.25) is 0 Å². The zero-order chi connectivity index (χ0) is 7.98. The highest BCUT2D eigenvalue weighted by atomic mass is 79.9. The zero-order valence-electron chi connectivity index (χ0n) is 6.58. The Balaban J connectivity index is 3.68. The highest BCUT2D eigenvalue weighted by molar-refractivity contribution is 9.09. The molecular weight excluding hydrogens is 195 g/mol. The lowest BCUT2D eigenvalue weighted by Crippen LogP contribution is -1.84. The van der Waals surface area contributed by atoms with Crippen LogP contribution in [0.1, 0.15) is 33.1 Å². The van der Waals surface area contributed by atoms with Crippen LogP contribution in [0.5, 0.6) is 0 Å². The molecule has 0 heterocycles. The lowest BCUT2D eigenvalue weighted by Gasteiger charge is -1.99. The third kappa shape index (κ3) is 4.04. The Kier molecular flexibility index (Phi) is 5.99. The second-order valence-electron chi connectivity index (χ2n) is 2.42. The minimum absolute atomic E-state index is 0.00606. The fourth-order valence-electron chi connectivity index (χ4n) is 0.692. The van der Waals surface area contributed by atoms with E-state index in [0.717, 1.165) is 24.8 Å². The lowest BCUT2D eigenvalue weighted by atomic mass is 10.1. The van der Waals surface area contributed by atoms with Crippen molar-refractivity contribution >= 4 is 15.9 Å². The number of hydrogen-bond acceptors (Lipinski definition) is 0. The van der Waals surface area contributed by atoms with Crippen LogP contribution in [0.2, 0.25) is 0 Å². The van der Waals surface area contributed by atoms with Crippen molar-refractivity contribution in [2.75, 3.05) is 5.33 Å². The first-order chi connectivity index (χ1) is 4.72. The second-order valence-corrected chi connectivity index (χ2v) is 2.98. The van der Waals surface area contributed by atoms with E-state index in [2.05, 4.69) is 22.9 Å². The number of allylic oxidation sites excluding steroid dienone is 2. The molecule has 0 atom stereocenters. The van der Waals surface area contributed by atoms with Crippen molar-refractivity contribution < 1.29 is 4.39 Å². The number of hydrogen-bond donors (Lipinski definition) is 0. The SMILES string of the molecule is CCCC/C(C)=C(\F)CBr. The molecule has 0 aliphatic carbocycles. The van der Waals surface area contributed by atoms with Crippen LogP contribution in [0.3, 0.4) is 0 Å². The van der Waals surface area contributed by atoms with Crippen LogP contribution in [0.25, 0.3) is 0 Å². The predicted octanol–water partition coefficient (Wildman–Crippen LogP) is 3.82. The number of rotatable bonds is 4. The standard InChI is InChI=1S/C8H14BrF/c1-3-4-5-7(2)8(10)6-9/h3-6H2,1-2H3/b8-7-. The Labute approximate surface area is 70.6 Å². The summed E-state index contributed by atoms with van der Waals surface area (Å²) in [5, 5.41) is 0.364. The Hall–Kier alpha value is 0.150. The maximum atomic E-state index is 12.7. The van der Waals surface area contributed by atoms with Crippen molar-refractivity contribution in [3.8, 4) is 0 Å². The van der Waals surface area contributed by atoms with E-state index in [9.17, 15) is 4.39 Å². The second kappa shape index (κ2) is 5.90. The summed E-state index contributed by atoms with van der Waals surface area (Å²) in [6.45, 7) is 3.96. The fourth-order valence-corrected chi connectivity index (χ4v) is 1.17. The highest BCUT2D eigenvalue weighted by Crippen LogP contribution is 2.14. The first-order valence-corrected chi connectivity index (χ1v) is 4.74. The molecule has 0 aromatic carbocycles. The van der Waals surface area contributed by atoms with Gasteiger partial charge in [0.15, 0.2) is 0 Å². The quantitative estimate of drug-likeness (QED) is 0.617. The van der Waals surface area contributed by atoms with Crippen LogP contribution < -0.4 is 0 Å². The molecule has 0 fully saturated rings. The summed E-state index contributed by atoms with van der Waals surface area (Å²) in [5.41, 5.74) is 0.888. The Bertz CT molecular complexity index is 118. The molecule has 0 saturated heterocycles. The van der Waals surface area contributed by atoms with Crippen molar-refractivity contribution in [2.45, 2.75) is 33.1 Å². The molecule has 0 amide bonds. The molecule has 10 heavy (non-hydrogen) atoms. The van der Waals surface area contributed by atoms with E-state index in [4.69, 9.17) is 0 Å². The number of alkyl halides is 1. The summed E-state index contributed by atoms with van der Waals surface area (Å²) in [5.74, 6) is -0.00606. The molecule has 0 N–H and O–H groups in total. The third-order valence-electron chi connectivity index (χ3n) is 1.49. The maximum absolute atomic E-state index is 12.7. The topological polar surface area (TPSA) is 0 Å². The normalized spacial score (nSPS) is 13.2. The van der Waals surface area contributed by atoms with Gasteiger partial charge in [0.25, 0.3) is 0 Å². The average Bonchev–Trinajstić information content (AvgIpc) is 1.98. The molecule has 0 aromatic heterocycles. The van der Waals surface area contributed by atoms with Gasteiger partial charge in [-0.25, -0.2) is 4.39 Å². The van der Waals surface area contributed by atoms with Gasteiger partial charge in [0.1, 0.15) is 5.83 Å². The van der Waals surface area contributed by atoms with Crippen molar-refractivity contribution in [1.82, 2.24) is 0 Å². The third-order valence-corrected chi connectivity index (χ3v) is 1.98. The summed E-state index contributed by atoms with van der Waals surface area (Å²) in [7, 11) is 0. The van der Waals surface area contributed by atoms with Gasteiger partial charge in [-0.05, 0) is 25.3 Å². The number of halogens is 2. The van der Waals surface area contributed by atoms with Gasteiger partial charge in [0.05, 0.1) is 5.33 Å². The van der Waals surface area contributed by atoms with Crippen LogP contribution in [0.15, 0.2) is 11.4 Å². The van der Waals surface area contributed by atoms with Crippen molar-refractivity contribution in [3.63, 3.8) is 0 Å². The van der Waals surface area contributed by atoms with Gasteiger partial charge in [0, 0.05) is 0 Å². The summed E-state index contributed by atoms with van der Waals surface area (Å²) < 4.78 is 12.7. The van der Waals surface area contributed by atoms with Crippen LogP contribution in [0.4, 0.5) is 4.39 Å². The molecule has 0 saturated carbocycles. The Morgan fingerprint density at radius 3 is 2.50 bits per heavy atom. The maximum Gasteiger partial charge on any atom is 0.109 e. The van der Waals surface area contributed by atoms with Gasteiger partial charge < -0.3 is 0 Å². The van der Waals surface area contributed by atoms with Crippen LogP contribution >= 0.6 is 15.9 Å². The minimum atomic E-state index is -0.00606.